The Labute approximate surface area is 117 Å². The highest BCUT2D eigenvalue weighted by Gasteiger charge is 2.40. The number of likely N-dealkylation sites (tertiary alicyclic amines) is 2. The molecule has 2 aliphatic heterocycles. The van der Waals surface area contributed by atoms with Crippen LogP contribution in [0.15, 0.2) is 0 Å². The van der Waals surface area contributed by atoms with Gasteiger partial charge in [0.2, 0.25) is 5.91 Å². The summed E-state index contributed by atoms with van der Waals surface area (Å²) in [6.07, 6.45) is 5.27. The predicted octanol–water partition coefficient (Wildman–Crippen LogP) is 2.12. The van der Waals surface area contributed by atoms with Crippen molar-refractivity contribution in [2.24, 2.45) is 5.41 Å². The molecule has 1 spiro atoms. The second-order valence-corrected chi connectivity index (χ2v) is 5.93. The predicted molar refractivity (Wildman–Crippen MR) is 77.7 cm³/mol. The first kappa shape index (κ1) is 14.4. The van der Waals surface area contributed by atoms with Crippen LogP contribution >= 0.6 is 0 Å². The average Bonchev–Trinajstić information content (AvgIpc) is 2.43. The van der Waals surface area contributed by atoms with Crippen LogP contribution in [0.3, 0.4) is 0 Å². The largest absolute Gasteiger partial charge is 0.342 e. The molecule has 0 aliphatic carbocycles. The summed E-state index contributed by atoms with van der Waals surface area (Å²) in [5.41, 5.74) is 0.343. The third-order valence-corrected chi connectivity index (χ3v) is 4.47. The molecular weight excluding hydrogens is 236 g/mol. The Morgan fingerprint density at radius 3 is 2.79 bits per heavy atom. The van der Waals surface area contributed by atoms with Gasteiger partial charge in [-0.1, -0.05) is 12.8 Å². The molecule has 0 bridgehead atoms. The summed E-state index contributed by atoms with van der Waals surface area (Å²) in [4.78, 5) is 16.4. The summed E-state index contributed by atoms with van der Waals surface area (Å²) >= 11 is 0. The first-order chi connectivity index (χ1) is 9.19. The topological polar surface area (TPSA) is 23.6 Å². The van der Waals surface area contributed by atoms with Gasteiger partial charge in [-0.3, -0.25) is 9.69 Å². The van der Waals surface area contributed by atoms with E-state index in [0.717, 1.165) is 45.4 Å². The van der Waals surface area contributed by atoms with Gasteiger partial charge in [0.15, 0.2) is 0 Å². The Balaban J connectivity index is 1.97. The van der Waals surface area contributed by atoms with E-state index in [1.54, 1.807) is 0 Å². The molecule has 3 nitrogen and oxygen atoms in total. The molecule has 0 N–H and O–H groups in total. The zero-order chi connectivity index (χ0) is 13.7. The maximum absolute atomic E-state index is 11.8. The molecule has 1 amide bonds. The van der Waals surface area contributed by atoms with Gasteiger partial charge in [-0.2, -0.15) is 0 Å². The van der Waals surface area contributed by atoms with Gasteiger partial charge in [-0.15, -0.1) is 5.92 Å². The van der Waals surface area contributed by atoms with Gasteiger partial charge in [0, 0.05) is 37.9 Å². The quantitative estimate of drug-likeness (QED) is 0.712. The lowest BCUT2D eigenvalue weighted by atomic mass is 9.73. The Morgan fingerprint density at radius 2 is 2.05 bits per heavy atom. The van der Waals surface area contributed by atoms with Crippen molar-refractivity contribution >= 4 is 5.91 Å². The highest BCUT2D eigenvalue weighted by molar-refractivity contribution is 5.77. The molecule has 0 aromatic rings. The molecule has 2 aliphatic rings. The second kappa shape index (κ2) is 6.43. The Hall–Kier alpha value is -1.01. The van der Waals surface area contributed by atoms with Crippen molar-refractivity contribution < 1.29 is 4.79 Å². The minimum atomic E-state index is 0.343. The van der Waals surface area contributed by atoms with Crippen molar-refractivity contribution in [1.29, 1.82) is 0 Å². The number of hydrogen-bond donors (Lipinski definition) is 0. The van der Waals surface area contributed by atoms with Crippen LogP contribution in [-0.4, -0.2) is 48.4 Å². The standard InChI is InChI=1S/C16H26N2O/c1-3-5-6-11-17-12-7-9-16(13-17)10-8-15(19)18(4-2)14-16/h3-4,7-14H2,1-2H3. The van der Waals surface area contributed by atoms with Crippen LogP contribution in [0.2, 0.25) is 0 Å². The van der Waals surface area contributed by atoms with Gasteiger partial charge in [-0.05, 0) is 32.7 Å². The highest BCUT2D eigenvalue weighted by atomic mass is 16.2. The van der Waals surface area contributed by atoms with Gasteiger partial charge in [-0.25, -0.2) is 0 Å². The summed E-state index contributed by atoms with van der Waals surface area (Å²) in [7, 11) is 0. The number of carbonyl (C=O) groups is 1. The van der Waals surface area contributed by atoms with Crippen molar-refractivity contribution in [3.63, 3.8) is 0 Å². The maximum Gasteiger partial charge on any atom is 0.222 e. The maximum atomic E-state index is 11.8. The molecule has 0 saturated carbocycles. The Morgan fingerprint density at radius 1 is 1.21 bits per heavy atom. The first-order valence-electron chi connectivity index (χ1n) is 7.65. The number of hydrogen-bond acceptors (Lipinski definition) is 2. The molecule has 2 heterocycles. The lowest BCUT2D eigenvalue weighted by Crippen LogP contribution is -2.53. The van der Waals surface area contributed by atoms with Crippen molar-refractivity contribution in [1.82, 2.24) is 9.80 Å². The van der Waals surface area contributed by atoms with Crippen molar-refractivity contribution in [3.05, 3.63) is 0 Å². The van der Waals surface area contributed by atoms with E-state index in [1.807, 2.05) is 4.90 Å². The Kier molecular flexibility index (Phi) is 4.87. The van der Waals surface area contributed by atoms with Gasteiger partial charge < -0.3 is 4.90 Å². The molecule has 106 valence electrons. The smallest absolute Gasteiger partial charge is 0.222 e. The zero-order valence-corrected chi connectivity index (χ0v) is 12.4. The molecular formula is C16H26N2O. The zero-order valence-electron chi connectivity index (χ0n) is 12.4. The van der Waals surface area contributed by atoms with E-state index in [0.29, 0.717) is 11.3 Å². The third kappa shape index (κ3) is 3.51. The Bertz CT molecular complexity index is 382. The van der Waals surface area contributed by atoms with E-state index in [-0.39, 0.29) is 0 Å². The fourth-order valence-corrected chi connectivity index (χ4v) is 3.46. The lowest BCUT2D eigenvalue weighted by Gasteiger charge is -2.47. The summed E-state index contributed by atoms with van der Waals surface area (Å²) in [5, 5.41) is 0. The van der Waals surface area contributed by atoms with Crippen LogP contribution in [-0.2, 0) is 4.79 Å². The average molecular weight is 262 g/mol. The van der Waals surface area contributed by atoms with Crippen LogP contribution in [0.25, 0.3) is 0 Å². The lowest BCUT2D eigenvalue weighted by molar-refractivity contribution is -0.138. The molecule has 0 aromatic carbocycles. The van der Waals surface area contributed by atoms with E-state index in [2.05, 4.69) is 30.6 Å². The second-order valence-electron chi connectivity index (χ2n) is 5.93. The number of piperidine rings is 2. The van der Waals surface area contributed by atoms with Gasteiger partial charge >= 0.3 is 0 Å². The van der Waals surface area contributed by atoms with E-state index in [4.69, 9.17) is 0 Å². The highest BCUT2D eigenvalue weighted by Crippen LogP contribution is 2.38. The van der Waals surface area contributed by atoms with Crippen LogP contribution in [0.1, 0.15) is 46.0 Å². The molecule has 2 fully saturated rings. The van der Waals surface area contributed by atoms with Crippen LogP contribution < -0.4 is 0 Å². The van der Waals surface area contributed by atoms with Gasteiger partial charge in [0.25, 0.3) is 0 Å². The summed E-state index contributed by atoms with van der Waals surface area (Å²) < 4.78 is 0. The van der Waals surface area contributed by atoms with E-state index >= 15 is 0 Å². The van der Waals surface area contributed by atoms with Crippen LogP contribution in [0.4, 0.5) is 0 Å². The molecule has 2 rings (SSSR count). The summed E-state index contributed by atoms with van der Waals surface area (Å²) in [6.45, 7) is 9.18. The molecule has 1 atom stereocenters. The molecule has 3 heteroatoms. The minimum absolute atomic E-state index is 0.343. The number of rotatable bonds is 2. The monoisotopic (exact) mass is 262 g/mol. The summed E-state index contributed by atoms with van der Waals surface area (Å²) in [5.74, 6) is 6.76. The van der Waals surface area contributed by atoms with Crippen LogP contribution in [0.5, 0.6) is 0 Å². The fraction of sp³-hybridized carbons (Fsp3) is 0.812. The third-order valence-electron chi connectivity index (χ3n) is 4.47. The molecule has 0 radical (unpaired) electrons. The SMILES string of the molecule is CCC#CCN1CCCC2(CCC(=O)N(CC)C2)C1. The molecule has 2 saturated heterocycles. The van der Waals surface area contributed by atoms with Crippen molar-refractivity contribution in [2.45, 2.75) is 46.0 Å². The fourth-order valence-electron chi connectivity index (χ4n) is 3.46. The van der Waals surface area contributed by atoms with Crippen molar-refractivity contribution in [3.8, 4) is 11.8 Å². The molecule has 1 unspecified atom stereocenters. The number of carbonyl (C=O) groups excluding carboxylic acids is 1. The minimum Gasteiger partial charge on any atom is -0.342 e. The van der Waals surface area contributed by atoms with E-state index in [9.17, 15) is 4.79 Å². The molecule has 0 aromatic heterocycles. The number of amides is 1. The first-order valence-corrected chi connectivity index (χ1v) is 7.65. The van der Waals surface area contributed by atoms with E-state index in [1.165, 1.54) is 19.4 Å². The van der Waals surface area contributed by atoms with Gasteiger partial charge in [0.1, 0.15) is 0 Å². The van der Waals surface area contributed by atoms with Gasteiger partial charge in [0.05, 0.1) is 6.54 Å². The summed E-state index contributed by atoms with van der Waals surface area (Å²) in [6, 6.07) is 0. The number of nitrogens with zero attached hydrogens (tertiary/aromatic N) is 2. The van der Waals surface area contributed by atoms with Crippen LogP contribution in [0, 0.1) is 17.3 Å². The van der Waals surface area contributed by atoms with E-state index < -0.39 is 0 Å². The molecule has 19 heavy (non-hydrogen) atoms. The normalized spacial score (nSPS) is 28.3. The van der Waals surface area contributed by atoms with Crippen molar-refractivity contribution in [2.75, 3.05) is 32.7 Å².